The van der Waals surface area contributed by atoms with Crippen LogP contribution in [0.4, 0.5) is 33.6 Å². The minimum absolute atomic E-state index is 0.240. The molecule has 5 rings (SSSR count). The number of anilines is 5. The van der Waals surface area contributed by atoms with Gasteiger partial charge in [0.15, 0.2) is 0 Å². The summed E-state index contributed by atoms with van der Waals surface area (Å²) in [4.78, 5) is 28.3. The molecule has 0 saturated carbocycles. The van der Waals surface area contributed by atoms with Gasteiger partial charge in [0.2, 0.25) is 5.95 Å². The number of carbonyl (C=O) groups excluding carboxylic acids is 1. The van der Waals surface area contributed by atoms with Crippen molar-refractivity contribution < 1.29 is 22.5 Å². The number of aromatic nitrogens is 2. The number of ether oxygens (including phenoxy) is 1. The number of hydrogen-bond donors (Lipinski definition) is 4. The summed E-state index contributed by atoms with van der Waals surface area (Å²) in [6, 6.07) is 14.9. The molecule has 0 unspecified atom stereocenters. The first-order valence-electron chi connectivity index (χ1n) is 14.3. The number of amides is 2. The normalized spacial score (nSPS) is 16.6. The van der Waals surface area contributed by atoms with Crippen LogP contribution in [0.2, 0.25) is 0 Å². The molecule has 2 amide bonds. The Hall–Kier alpha value is -3.82. The number of morpholine rings is 1. The molecule has 2 aliphatic heterocycles. The van der Waals surface area contributed by atoms with Crippen LogP contribution in [0.5, 0.6) is 0 Å². The molecule has 0 atom stereocenters. The molecule has 230 valence electrons. The van der Waals surface area contributed by atoms with E-state index < -0.39 is 10.1 Å². The van der Waals surface area contributed by atoms with Crippen LogP contribution in [-0.2, 0) is 21.4 Å². The second-order valence-electron chi connectivity index (χ2n) is 10.7. The lowest BCUT2D eigenvalue weighted by molar-refractivity contribution is 0.122. The van der Waals surface area contributed by atoms with Gasteiger partial charge in [-0.15, -0.1) is 0 Å². The molecule has 0 radical (unpaired) electrons. The van der Waals surface area contributed by atoms with E-state index in [1.807, 2.05) is 60.4 Å². The number of piperazine rings is 1. The first-order valence-corrected chi connectivity index (χ1v) is 15.9. The lowest BCUT2D eigenvalue weighted by Crippen LogP contribution is -2.47. The van der Waals surface area contributed by atoms with E-state index in [2.05, 4.69) is 35.7 Å². The Balaban J connectivity index is 1.10. The highest BCUT2D eigenvalue weighted by Crippen LogP contribution is 2.24. The smallest absolute Gasteiger partial charge is 0.323 e. The molecule has 2 saturated heterocycles. The van der Waals surface area contributed by atoms with Gasteiger partial charge in [-0.3, -0.25) is 14.4 Å². The van der Waals surface area contributed by atoms with Gasteiger partial charge in [0.1, 0.15) is 5.82 Å². The van der Waals surface area contributed by atoms with Crippen molar-refractivity contribution in [3.63, 3.8) is 0 Å². The van der Waals surface area contributed by atoms with Gasteiger partial charge in [0, 0.05) is 75.6 Å². The van der Waals surface area contributed by atoms with E-state index >= 15 is 0 Å². The van der Waals surface area contributed by atoms with Crippen LogP contribution in [0.1, 0.15) is 11.1 Å². The van der Waals surface area contributed by atoms with Crippen LogP contribution in [0.15, 0.2) is 54.7 Å². The van der Waals surface area contributed by atoms with E-state index in [4.69, 9.17) is 9.29 Å². The van der Waals surface area contributed by atoms with E-state index in [-0.39, 0.29) is 11.8 Å². The predicted octanol–water partition coefficient (Wildman–Crippen LogP) is 3.01. The zero-order valence-corrected chi connectivity index (χ0v) is 25.0. The molecule has 43 heavy (non-hydrogen) atoms. The van der Waals surface area contributed by atoms with Gasteiger partial charge in [-0.1, -0.05) is 18.2 Å². The molecule has 3 heterocycles. The Bertz CT molecular complexity index is 1490. The van der Waals surface area contributed by atoms with Crippen LogP contribution in [0, 0.1) is 6.92 Å². The van der Waals surface area contributed by atoms with Crippen molar-refractivity contribution in [2.45, 2.75) is 13.5 Å². The zero-order chi connectivity index (χ0) is 30.2. The molecule has 0 spiro atoms. The molecule has 4 N–H and O–H groups in total. The average molecular weight is 611 g/mol. The minimum Gasteiger partial charge on any atom is -0.378 e. The second kappa shape index (κ2) is 14.1. The summed E-state index contributed by atoms with van der Waals surface area (Å²) in [7, 11) is -3.94. The lowest BCUT2D eigenvalue weighted by Gasteiger charge is -2.34. The number of benzene rings is 2. The third kappa shape index (κ3) is 9.33. The van der Waals surface area contributed by atoms with Crippen molar-refractivity contribution in [3.8, 4) is 0 Å². The van der Waals surface area contributed by atoms with E-state index in [1.165, 1.54) is 0 Å². The van der Waals surface area contributed by atoms with Crippen molar-refractivity contribution >= 4 is 45.0 Å². The quantitative estimate of drug-likeness (QED) is 0.251. The number of hydrogen-bond acceptors (Lipinski definition) is 10. The van der Waals surface area contributed by atoms with Gasteiger partial charge in [-0.05, 0) is 48.4 Å². The molecule has 0 aliphatic carbocycles. The fourth-order valence-electron chi connectivity index (χ4n) is 4.99. The summed E-state index contributed by atoms with van der Waals surface area (Å²) in [5, 5.41) is 9.05. The fourth-order valence-corrected chi connectivity index (χ4v) is 5.48. The van der Waals surface area contributed by atoms with Crippen LogP contribution in [-0.4, -0.2) is 104 Å². The van der Waals surface area contributed by atoms with E-state index in [0.717, 1.165) is 68.4 Å². The van der Waals surface area contributed by atoms with Crippen molar-refractivity contribution in [1.29, 1.82) is 0 Å². The van der Waals surface area contributed by atoms with Crippen molar-refractivity contribution in [3.05, 3.63) is 65.9 Å². The summed E-state index contributed by atoms with van der Waals surface area (Å²) in [6.07, 6.45) is 1.73. The van der Waals surface area contributed by atoms with E-state index in [0.29, 0.717) is 37.1 Å². The average Bonchev–Trinajstić information content (AvgIpc) is 3.00. The van der Waals surface area contributed by atoms with E-state index in [1.54, 1.807) is 6.20 Å². The monoisotopic (exact) mass is 610 g/mol. The maximum atomic E-state index is 12.8. The van der Waals surface area contributed by atoms with Gasteiger partial charge in [-0.2, -0.15) is 13.4 Å². The Kier molecular flexibility index (Phi) is 10.0. The second-order valence-corrected chi connectivity index (χ2v) is 12.2. The summed E-state index contributed by atoms with van der Waals surface area (Å²) in [5.41, 5.74) is 4.20. The molecule has 0 bridgehead atoms. The summed E-state index contributed by atoms with van der Waals surface area (Å²) in [5.74, 6) is 1.08. The van der Waals surface area contributed by atoms with Crippen LogP contribution < -0.4 is 20.9 Å². The van der Waals surface area contributed by atoms with Gasteiger partial charge < -0.3 is 25.6 Å². The minimum atomic E-state index is -3.94. The van der Waals surface area contributed by atoms with Gasteiger partial charge in [0.25, 0.3) is 10.1 Å². The highest BCUT2D eigenvalue weighted by molar-refractivity contribution is 7.85. The third-order valence-electron chi connectivity index (χ3n) is 7.47. The van der Waals surface area contributed by atoms with Crippen LogP contribution >= 0.6 is 0 Å². The van der Waals surface area contributed by atoms with E-state index in [9.17, 15) is 13.2 Å². The van der Waals surface area contributed by atoms with Crippen molar-refractivity contribution in [1.82, 2.24) is 19.8 Å². The standard InChI is InChI=1S/C29H38N8O5S/c1-22-2-5-25(20-26(22)33-28-30-9-8-27(34-28)37-14-17-42-18-15-37)32-29(38)31-24-6-3-23(4-7-24)21-36-12-10-35(11-13-36)16-19-43(39,40)41/h2-9,20H,10-19,21H2,1H3,(H,30,33,34)(H2,31,32,38)(H,39,40,41). The number of aryl methyl sites for hydroxylation is 1. The number of urea groups is 1. The molecule has 1 aromatic heterocycles. The SMILES string of the molecule is Cc1ccc(NC(=O)Nc2ccc(CN3CCN(CCS(=O)(=O)O)CC3)cc2)cc1Nc1nccc(N2CCOCC2)n1. The molecule has 2 aliphatic rings. The molecular formula is C29H38N8O5S. The van der Waals surface area contributed by atoms with Crippen molar-refractivity contribution in [2.24, 2.45) is 0 Å². The number of nitrogens with zero attached hydrogens (tertiary/aromatic N) is 5. The molecule has 14 heteroatoms. The maximum Gasteiger partial charge on any atom is 0.323 e. The molecule has 13 nitrogen and oxygen atoms in total. The van der Waals surface area contributed by atoms with Crippen molar-refractivity contribution in [2.75, 3.05) is 85.6 Å². The Morgan fingerprint density at radius 1 is 0.930 bits per heavy atom. The Morgan fingerprint density at radius 2 is 1.60 bits per heavy atom. The number of carbonyl (C=O) groups is 1. The van der Waals surface area contributed by atoms with Gasteiger partial charge in [0.05, 0.1) is 19.0 Å². The summed E-state index contributed by atoms with van der Waals surface area (Å²) < 4.78 is 36.4. The number of nitrogens with one attached hydrogen (secondary N) is 3. The highest BCUT2D eigenvalue weighted by atomic mass is 32.2. The Morgan fingerprint density at radius 3 is 2.33 bits per heavy atom. The lowest BCUT2D eigenvalue weighted by atomic mass is 10.1. The van der Waals surface area contributed by atoms with Crippen LogP contribution in [0.25, 0.3) is 0 Å². The number of rotatable bonds is 10. The first-order chi connectivity index (χ1) is 20.7. The molecule has 3 aromatic rings. The Labute approximate surface area is 252 Å². The third-order valence-corrected chi connectivity index (χ3v) is 8.16. The highest BCUT2D eigenvalue weighted by Gasteiger charge is 2.19. The maximum absolute atomic E-state index is 12.8. The largest absolute Gasteiger partial charge is 0.378 e. The predicted molar refractivity (Wildman–Crippen MR) is 167 cm³/mol. The van der Waals surface area contributed by atoms with Gasteiger partial charge in [-0.25, -0.2) is 9.78 Å². The molecule has 2 aromatic carbocycles. The zero-order valence-electron chi connectivity index (χ0n) is 24.2. The first kappa shape index (κ1) is 30.6. The summed E-state index contributed by atoms with van der Waals surface area (Å²) in [6.45, 7) is 9.12. The van der Waals surface area contributed by atoms with Crippen LogP contribution in [0.3, 0.4) is 0 Å². The molecule has 2 fully saturated rings. The topological polar surface area (TPSA) is 152 Å². The molecular weight excluding hydrogens is 572 g/mol. The fraction of sp³-hybridized carbons (Fsp3) is 0.414. The van der Waals surface area contributed by atoms with Gasteiger partial charge >= 0.3 is 6.03 Å². The summed E-state index contributed by atoms with van der Waals surface area (Å²) >= 11 is 0.